The van der Waals surface area contributed by atoms with Gasteiger partial charge in [-0.15, -0.1) is 0 Å². The summed E-state index contributed by atoms with van der Waals surface area (Å²) in [5.41, 5.74) is 9.87. The number of aryl methyl sites for hydroxylation is 1. The molecule has 1 fully saturated rings. The van der Waals surface area contributed by atoms with Gasteiger partial charge >= 0.3 is 0 Å². The summed E-state index contributed by atoms with van der Waals surface area (Å²) in [5, 5.41) is 0. The maximum absolute atomic E-state index is 6.01. The number of hydrogen-bond donors (Lipinski definition) is 1. The molecule has 0 amide bonds. The molecule has 21 heavy (non-hydrogen) atoms. The van der Waals surface area contributed by atoms with Crippen LogP contribution in [0.3, 0.4) is 0 Å². The Bertz CT molecular complexity index is 582. The average Bonchev–Trinajstić information content (AvgIpc) is 2.93. The summed E-state index contributed by atoms with van der Waals surface area (Å²) in [6.07, 6.45) is 1.86. The highest BCUT2D eigenvalue weighted by atomic mass is 15.2. The van der Waals surface area contributed by atoms with E-state index in [9.17, 15) is 0 Å². The smallest absolute Gasteiger partial charge is 0.0417 e. The van der Waals surface area contributed by atoms with Crippen molar-refractivity contribution in [3.63, 3.8) is 0 Å². The fourth-order valence-electron chi connectivity index (χ4n) is 3.33. The number of likely N-dealkylation sites (tertiary alicyclic amines) is 1. The zero-order valence-electron chi connectivity index (χ0n) is 12.6. The van der Waals surface area contributed by atoms with E-state index < -0.39 is 0 Å². The fraction of sp³-hybridized carbons (Fsp3) is 0.389. The lowest BCUT2D eigenvalue weighted by Gasteiger charge is -2.17. The van der Waals surface area contributed by atoms with Crippen LogP contribution in [0.5, 0.6) is 0 Å². The van der Waals surface area contributed by atoms with Crippen LogP contribution in [0.2, 0.25) is 0 Å². The molecule has 0 radical (unpaired) electrons. The summed E-state index contributed by atoms with van der Waals surface area (Å²) in [6, 6.07) is 15.0. The molecule has 1 aliphatic heterocycles. The second-order valence-electron chi connectivity index (χ2n) is 5.95. The van der Waals surface area contributed by atoms with Crippen molar-refractivity contribution in [2.45, 2.75) is 19.4 Å². The number of nitrogens with zero attached hydrogens (tertiary/aromatic N) is 2. The molecule has 2 aromatic rings. The first-order valence-corrected chi connectivity index (χ1v) is 7.66. The van der Waals surface area contributed by atoms with Gasteiger partial charge in [0.15, 0.2) is 0 Å². The zero-order chi connectivity index (χ0) is 14.7. The van der Waals surface area contributed by atoms with Crippen molar-refractivity contribution < 1.29 is 0 Å². The van der Waals surface area contributed by atoms with Gasteiger partial charge in [0, 0.05) is 37.4 Å². The van der Waals surface area contributed by atoms with E-state index in [1.165, 1.54) is 11.1 Å². The van der Waals surface area contributed by atoms with Crippen LogP contribution < -0.4 is 5.73 Å². The van der Waals surface area contributed by atoms with Crippen LogP contribution in [0.4, 0.5) is 0 Å². The van der Waals surface area contributed by atoms with Crippen LogP contribution in [-0.4, -0.2) is 29.5 Å². The Morgan fingerprint density at radius 1 is 1.14 bits per heavy atom. The van der Waals surface area contributed by atoms with E-state index in [1.54, 1.807) is 0 Å². The van der Waals surface area contributed by atoms with Crippen molar-refractivity contribution >= 4 is 0 Å². The molecule has 2 atom stereocenters. The standard InChI is InChI=1S/C18H23N3/c1-14-16(8-5-9-20-14)11-21-12-17(10-19)18(13-21)15-6-3-2-4-7-15/h2-9,17-18H,10-13,19H2,1H3/t17-,18+/m1/s1. The molecule has 3 rings (SSSR count). The van der Waals surface area contributed by atoms with Crippen LogP contribution in [0.25, 0.3) is 0 Å². The molecule has 1 aromatic heterocycles. The zero-order valence-corrected chi connectivity index (χ0v) is 12.6. The summed E-state index contributed by atoms with van der Waals surface area (Å²) in [4.78, 5) is 6.90. The molecule has 110 valence electrons. The van der Waals surface area contributed by atoms with Gasteiger partial charge in [0.05, 0.1) is 0 Å². The normalized spacial score (nSPS) is 22.6. The van der Waals surface area contributed by atoms with Crippen molar-refractivity contribution in [1.29, 1.82) is 0 Å². The molecule has 0 unspecified atom stereocenters. The van der Waals surface area contributed by atoms with Gasteiger partial charge in [0.2, 0.25) is 0 Å². The van der Waals surface area contributed by atoms with Gasteiger partial charge in [-0.25, -0.2) is 0 Å². The molecule has 0 spiro atoms. The highest BCUT2D eigenvalue weighted by molar-refractivity contribution is 5.24. The van der Waals surface area contributed by atoms with Crippen molar-refractivity contribution in [3.8, 4) is 0 Å². The van der Waals surface area contributed by atoms with E-state index in [0.29, 0.717) is 11.8 Å². The molecule has 3 heteroatoms. The first-order valence-electron chi connectivity index (χ1n) is 7.66. The van der Waals surface area contributed by atoms with Crippen molar-refractivity contribution in [2.75, 3.05) is 19.6 Å². The van der Waals surface area contributed by atoms with E-state index >= 15 is 0 Å². The Balaban J connectivity index is 1.74. The number of benzene rings is 1. The van der Waals surface area contributed by atoms with E-state index in [-0.39, 0.29) is 0 Å². The second kappa shape index (κ2) is 6.37. The van der Waals surface area contributed by atoms with Gasteiger partial charge in [0.1, 0.15) is 0 Å². The first-order chi connectivity index (χ1) is 10.3. The quantitative estimate of drug-likeness (QED) is 0.936. The SMILES string of the molecule is Cc1ncccc1CN1C[C@@H](CN)[C@H](c2ccccc2)C1. The molecule has 0 saturated carbocycles. The summed E-state index contributed by atoms with van der Waals surface area (Å²) in [6.45, 7) is 5.96. The van der Waals surface area contributed by atoms with E-state index in [1.807, 2.05) is 12.3 Å². The lowest BCUT2D eigenvalue weighted by atomic mass is 9.89. The van der Waals surface area contributed by atoms with Crippen LogP contribution in [0.1, 0.15) is 22.7 Å². The minimum absolute atomic E-state index is 0.546. The Hall–Kier alpha value is -1.71. The number of rotatable bonds is 4. The minimum atomic E-state index is 0.546. The monoisotopic (exact) mass is 281 g/mol. The van der Waals surface area contributed by atoms with Gasteiger partial charge in [-0.1, -0.05) is 36.4 Å². The van der Waals surface area contributed by atoms with Crippen LogP contribution in [-0.2, 0) is 6.54 Å². The average molecular weight is 281 g/mol. The molecule has 3 nitrogen and oxygen atoms in total. The van der Waals surface area contributed by atoms with Crippen LogP contribution >= 0.6 is 0 Å². The number of pyridine rings is 1. The van der Waals surface area contributed by atoms with Gasteiger partial charge < -0.3 is 5.73 Å². The predicted octanol–water partition coefficient (Wildman–Crippen LogP) is 2.56. The van der Waals surface area contributed by atoms with E-state index in [4.69, 9.17) is 5.73 Å². The third kappa shape index (κ3) is 3.14. The van der Waals surface area contributed by atoms with Crippen molar-refractivity contribution in [3.05, 3.63) is 65.5 Å². The Kier molecular flexibility index (Phi) is 4.32. The third-order valence-corrected chi connectivity index (χ3v) is 4.56. The molecule has 1 aliphatic rings. The number of aromatic nitrogens is 1. The maximum Gasteiger partial charge on any atom is 0.0417 e. The molecular weight excluding hydrogens is 258 g/mol. The maximum atomic E-state index is 6.01. The van der Waals surface area contributed by atoms with Gasteiger partial charge in [0.25, 0.3) is 0 Å². The van der Waals surface area contributed by atoms with Gasteiger partial charge in [-0.3, -0.25) is 9.88 Å². The minimum Gasteiger partial charge on any atom is -0.330 e. The van der Waals surface area contributed by atoms with Crippen LogP contribution in [0, 0.1) is 12.8 Å². The highest BCUT2D eigenvalue weighted by Gasteiger charge is 2.32. The van der Waals surface area contributed by atoms with Crippen molar-refractivity contribution in [1.82, 2.24) is 9.88 Å². The number of nitrogens with two attached hydrogens (primary N) is 1. The lowest BCUT2D eigenvalue weighted by Crippen LogP contribution is -2.23. The van der Waals surface area contributed by atoms with E-state index in [0.717, 1.165) is 31.9 Å². The highest BCUT2D eigenvalue weighted by Crippen LogP contribution is 2.32. The molecule has 2 N–H and O–H groups in total. The first kappa shape index (κ1) is 14.2. The summed E-state index contributed by atoms with van der Waals surface area (Å²) < 4.78 is 0. The summed E-state index contributed by atoms with van der Waals surface area (Å²) in [7, 11) is 0. The molecule has 1 aromatic carbocycles. The topological polar surface area (TPSA) is 42.2 Å². The molecule has 0 bridgehead atoms. The fourth-order valence-corrected chi connectivity index (χ4v) is 3.33. The van der Waals surface area contributed by atoms with Gasteiger partial charge in [-0.05, 0) is 36.6 Å². The molecular formula is C18H23N3. The third-order valence-electron chi connectivity index (χ3n) is 4.56. The molecule has 1 saturated heterocycles. The largest absolute Gasteiger partial charge is 0.330 e. The van der Waals surface area contributed by atoms with Crippen molar-refractivity contribution in [2.24, 2.45) is 11.7 Å². The Labute approximate surface area is 126 Å². The molecule has 2 heterocycles. The van der Waals surface area contributed by atoms with E-state index in [2.05, 4.69) is 53.2 Å². The molecule has 0 aliphatic carbocycles. The van der Waals surface area contributed by atoms with Crippen LogP contribution in [0.15, 0.2) is 48.7 Å². The number of hydrogen-bond acceptors (Lipinski definition) is 3. The Morgan fingerprint density at radius 3 is 2.67 bits per heavy atom. The Morgan fingerprint density at radius 2 is 1.95 bits per heavy atom. The lowest BCUT2D eigenvalue weighted by molar-refractivity contribution is 0.316. The predicted molar refractivity (Wildman–Crippen MR) is 86.0 cm³/mol. The second-order valence-corrected chi connectivity index (χ2v) is 5.95. The van der Waals surface area contributed by atoms with Gasteiger partial charge in [-0.2, -0.15) is 0 Å². The summed E-state index contributed by atoms with van der Waals surface area (Å²) in [5.74, 6) is 1.09. The summed E-state index contributed by atoms with van der Waals surface area (Å²) >= 11 is 0.